The average Bonchev–Trinajstić information content (AvgIpc) is 2.39. The summed E-state index contributed by atoms with van der Waals surface area (Å²) in [6.07, 6.45) is 4.86. The van der Waals surface area contributed by atoms with Gasteiger partial charge in [-0.15, -0.1) is 5.70 Å². The molecule has 0 saturated heterocycles. The summed E-state index contributed by atoms with van der Waals surface area (Å²) >= 11 is 0. The fraction of sp³-hybridized carbons (Fsp3) is 0.333. The highest BCUT2D eigenvalue weighted by atomic mass is 28.3. The van der Waals surface area contributed by atoms with Gasteiger partial charge in [-0.3, -0.25) is 0 Å². The minimum absolute atomic E-state index is 0.515. The summed E-state index contributed by atoms with van der Waals surface area (Å²) in [6, 6.07) is 3.93. The Morgan fingerprint density at radius 2 is 2.36 bits per heavy atom. The molecule has 60 valence electrons. The van der Waals surface area contributed by atoms with Gasteiger partial charge in [-0.05, 0) is 12.1 Å². The van der Waals surface area contributed by atoms with Crippen molar-refractivity contribution >= 4 is 8.80 Å². The van der Waals surface area contributed by atoms with E-state index in [1.807, 2.05) is 12.1 Å². The Morgan fingerprint density at radius 3 is 2.91 bits per heavy atom. The molecule has 0 aliphatic rings. The van der Waals surface area contributed by atoms with Gasteiger partial charge in [0.2, 0.25) is 0 Å². The van der Waals surface area contributed by atoms with E-state index < -0.39 is 8.80 Å². The van der Waals surface area contributed by atoms with Gasteiger partial charge in [0, 0.05) is 6.42 Å². The molecule has 11 heavy (non-hydrogen) atoms. The Bertz CT molecular complexity index is 211. The van der Waals surface area contributed by atoms with Crippen LogP contribution in [0.25, 0.3) is 0 Å². The Hall–Kier alpha value is -0.763. The fourth-order valence-corrected chi connectivity index (χ4v) is 1.57. The van der Waals surface area contributed by atoms with E-state index in [-0.39, 0.29) is 0 Å². The summed E-state index contributed by atoms with van der Waals surface area (Å²) in [5.74, 6) is 1.05. The highest BCUT2D eigenvalue weighted by Crippen LogP contribution is 2.01. The van der Waals surface area contributed by atoms with Crippen LogP contribution in [0, 0.1) is 0 Å². The quantitative estimate of drug-likeness (QED) is 0.628. The van der Waals surface area contributed by atoms with E-state index in [0.717, 1.165) is 12.2 Å². The highest BCUT2D eigenvalue weighted by Gasteiger charge is 1.90. The van der Waals surface area contributed by atoms with E-state index >= 15 is 0 Å². The van der Waals surface area contributed by atoms with Gasteiger partial charge in [-0.2, -0.15) is 0 Å². The predicted molar refractivity (Wildman–Crippen MR) is 50.4 cm³/mol. The molecular formula is C9H14OSi. The third-order valence-corrected chi connectivity index (χ3v) is 2.46. The standard InChI is InChI=1S/C9H14OSi/c1-11(2)8-4-6-9-5-3-7-10-9/h3-5,7-8,11H,6H2,1-2H3. The maximum atomic E-state index is 5.18. The molecule has 0 aliphatic carbocycles. The maximum Gasteiger partial charge on any atom is 0.107 e. The molecule has 0 aliphatic heterocycles. The van der Waals surface area contributed by atoms with Crippen molar-refractivity contribution < 1.29 is 4.42 Å². The van der Waals surface area contributed by atoms with Gasteiger partial charge >= 0.3 is 0 Å². The lowest BCUT2D eigenvalue weighted by molar-refractivity contribution is 0.523. The molecule has 0 N–H and O–H groups in total. The molecule has 0 atom stereocenters. The van der Waals surface area contributed by atoms with E-state index in [1.165, 1.54) is 0 Å². The second kappa shape index (κ2) is 4.19. The molecule has 1 aromatic rings. The first-order valence-corrected chi connectivity index (χ1v) is 6.95. The van der Waals surface area contributed by atoms with E-state index in [4.69, 9.17) is 4.42 Å². The molecule has 2 heteroatoms. The van der Waals surface area contributed by atoms with Gasteiger partial charge in [0.15, 0.2) is 0 Å². The number of allylic oxidation sites excluding steroid dienone is 1. The lowest BCUT2D eigenvalue weighted by Gasteiger charge is -1.90. The molecule has 0 fully saturated rings. The van der Waals surface area contributed by atoms with Crippen molar-refractivity contribution in [3.8, 4) is 0 Å². The summed E-state index contributed by atoms with van der Waals surface area (Å²) in [5, 5.41) is 0. The van der Waals surface area contributed by atoms with Crippen molar-refractivity contribution in [1.29, 1.82) is 0 Å². The molecule has 0 spiro atoms. The lowest BCUT2D eigenvalue weighted by Crippen LogP contribution is -1.92. The van der Waals surface area contributed by atoms with E-state index in [9.17, 15) is 0 Å². The molecule has 1 nitrogen and oxygen atoms in total. The summed E-state index contributed by atoms with van der Waals surface area (Å²) in [4.78, 5) is 0. The molecule has 0 unspecified atom stereocenters. The van der Waals surface area contributed by atoms with Crippen molar-refractivity contribution in [3.63, 3.8) is 0 Å². The minimum atomic E-state index is -0.515. The van der Waals surface area contributed by atoms with Gasteiger partial charge in [-0.1, -0.05) is 19.2 Å². The van der Waals surface area contributed by atoms with Crippen molar-refractivity contribution in [2.24, 2.45) is 0 Å². The van der Waals surface area contributed by atoms with Crippen molar-refractivity contribution in [2.75, 3.05) is 0 Å². The Balaban J connectivity index is 2.34. The molecule has 0 saturated carbocycles. The number of hydrogen-bond donors (Lipinski definition) is 0. The zero-order valence-electron chi connectivity index (χ0n) is 7.08. The van der Waals surface area contributed by atoms with E-state index in [2.05, 4.69) is 24.9 Å². The van der Waals surface area contributed by atoms with Crippen molar-refractivity contribution in [3.05, 3.63) is 35.9 Å². The topological polar surface area (TPSA) is 13.1 Å². The van der Waals surface area contributed by atoms with Crippen LogP contribution >= 0.6 is 0 Å². The van der Waals surface area contributed by atoms with Crippen LogP contribution in [0.1, 0.15) is 5.76 Å². The molecule has 1 rings (SSSR count). The maximum absolute atomic E-state index is 5.18. The summed E-state index contributed by atoms with van der Waals surface area (Å²) in [7, 11) is -0.515. The van der Waals surface area contributed by atoms with Crippen LogP contribution in [-0.4, -0.2) is 8.80 Å². The monoisotopic (exact) mass is 166 g/mol. The van der Waals surface area contributed by atoms with Crippen LogP contribution in [0.15, 0.2) is 34.6 Å². The normalized spacial score (nSPS) is 11.5. The third-order valence-electron chi connectivity index (χ3n) is 1.42. The third kappa shape index (κ3) is 3.23. The average molecular weight is 166 g/mol. The van der Waals surface area contributed by atoms with Crippen LogP contribution in [-0.2, 0) is 6.42 Å². The first kappa shape index (κ1) is 8.33. The number of hydrogen-bond acceptors (Lipinski definition) is 1. The summed E-state index contributed by atoms with van der Waals surface area (Å²) in [5.41, 5.74) is 2.32. The molecule has 0 radical (unpaired) electrons. The lowest BCUT2D eigenvalue weighted by atomic mass is 10.3. The van der Waals surface area contributed by atoms with Gasteiger partial charge < -0.3 is 4.42 Å². The number of furan rings is 1. The molecule has 0 amide bonds. The largest absolute Gasteiger partial charge is 0.469 e. The van der Waals surface area contributed by atoms with E-state index in [1.54, 1.807) is 6.26 Å². The molecule has 1 aromatic heterocycles. The molecule has 1 heterocycles. The van der Waals surface area contributed by atoms with Crippen molar-refractivity contribution in [2.45, 2.75) is 19.5 Å². The Morgan fingerprint density at radius 1 is 1.55 bits per heavy atom. The minimum Gasteiger partial charge on any atom is -0.469 e. The first-order valence-electron chi connectivity index (χ1n) is 3.98. The van der Waals surface area contributed by atoms with Crippen LogP contribution < -0.4 is 0 Å². The van der Waals surface area contributed by atoms with Gasteiger partial charge in [0.25, 0.3) is 0 Å². The highest BCUT2D eigenvalue weighted by molar-refractivity contribution is 6.61. The summed E-state index contributed by atoms with van der Waals surface area (Å²) in [6.45, 7) is 4.61. The first-order chi connectivity index (χ1) is 5.29. The fourth-order valence-electron chi connectivity index (χ4n) is 0.885. The molecule has 0 aromatic carbocycles. The van der Waals surface area contributed by atoms with Crippen molar-refractivity contribution in [1.82, 2.24) is 0 Å². The van der Waals surface area contributed by atoms with Gasteiger partial charge in [0.1, 0.15) is 5.76 Å². The molecular weight excluding hydrogens is 152 g/mol. The Kier molecular flexibility index (Phi) is 3.17. The number of rotatable bonds is 3. The second-order valence-corrected chi connectivity index (χ2v) is 5.83. The Labute approximate surface area is 69.3 Å². The van der Waals surface area contributed by atoms with Gasteiger partial charge in [-0.25, -0.2) is 0 Å². The van der Waals surface area contributed by atoms with Gasteiger partial charge in [0.05, 0.1) is 15.1 Å². The van der Waals surface area contributed by atoms with Crippen LogP contribution in [0.2, 0.25) is 13.1 Å². The molecule has 0 bridgehead atoms. The SMILES string of the molecule is C[SiH](C)C=CCc1ccco1. The zero-order chi connectivity index (χ0) is 8.10. The zero-order valence-corrected chi connectivity index (χ0v) is 8.23. The van der Waals surface area contributed by atoms with Crippen LogP contribution in [0.3, 0.4) is 0 Å². The van der Waals surface area contributed by atoms with E-state index in [0.29, 0.717) is 0 Å². The predicted octanol–water partition coefficient (Wildman–Crippen LogP) is 2.40. The smallest absolute Gasteiger partial charge is 0.107 e. The van der Waals surface area contributed by atoms with Crippen LogP contribution in [0.5, 0.6) is 0 Å². The second-order valence-electron chi connectivity index (χ2n) is 2.96. The summed E-state index contributed by atoms with van der Waals surface area (Å²) < 4.78 is 5.18. The van der Waals surface area contributed by atoms with Crippen LogP contribution in [0.4, 0.5) is 0 Å².